The van der Waals surface area contributed by atoms with Crippen LogP contribution in [0.1, 0.15) is 24.9 Å². The Balaban J connectivity index is 3.06. The Morgan fingerprint density at radius 2 is 1.73 bits per heavy atom. The molecule has 15 heavy (non-hydrogen) atoms. The maximum absolute atomic E-state index is 12.8. The lowest BCUT2D eigenvalue weighted by Gasteiger charge is -2.17. The quantitative estimate of drug-likeness (QED) is 0.762. The molecule has 3 N–H and O–H groups in total. The molecular formula is C10H12F3NO. The highest BCUT2D eigenvalue weighted by Crippen LogP contribution is 2.21. The number of hydrogen-bond donors (Lipinski definition) is 2. The summed E-state index contributed by atoms with van der Waals surface area (Å²) in [6.45, 7) is 1.68. The fourth-order valence-corrected chi connectivity index (χ4v) is 1.24. The van der Waals surface area contributed by atoms with Crippen molar-refractivity contribution in [2.24, 2.45) is 5.73 Å². The normalized spacial score (nSPS) is 15.1. The first kappa shape index (κ1) is 12.0. The zero-order valence-corrected chi connectivity index (χ0v) is 8.17. The second-order valence-corrected chi connectivity index (χ2v) is 3.30. The smallest absolute Gasteiger partial charge is 0.194 e. The Morgan fingerprint density at radius 3 is 2.13 bits per heavy atom. The van der Waals surface area contributed by atoms with Gasteiger partial charge in [-0.15, -0.1) is 0 Å². The van der Waals surface area contributed by atoms with Crippen LogP contribution in [0.5, 0.6) is 0 Å². The molecule has 0 aliphatic carbocycles. The van der Waals surface area contributed by atoms with Crippen molar-refractivity contribution in [3.8, 4) is 0 Å². The fraction of sp³-hybridized carbons (Fsp3) is 0.400. The van der Waals surface area contributed by atoms with Crippen LogP contribution >= 0.6 is 0 Å². The largest absolute Gasteiger partial charge is 0.391 e. The lowest BCUT2D eigenvalue weighted by molar-refractivity contribution is 0.140. The summed E-state index contributed by atoms with van der Waals surface area (Å²) in [5.41, 5.74) is 5.57. The SMILES string of the molecule is CC[C@H](O)[C@H](N)c1cc(F)c(F)c(F)c1. The van der Waals surface area contributed by atoms with Crippen molar-refractivity contribution >= 4 is 0 Å². The minimum Gasteiger partial charge on any atom is -0.391 e. The summed E-state index contributed by atoms with van der Waals surface area (Å²) >= 11 is 0. The summed E-state index contributed by atoms with van der Waals surface area (Å²) in [6, 6.07) is 0.670. The van der Waals surface area contributed by atoms with Gasteiger partial charge in [-0.3, -0.25) is 0 Å². The van der Waals surface area contributed by atoms with Crippen LogP contribution in [-0.2, 0) is 0 Å². The Morgan fingerprint density at radius 1 is 1.27 bits per heavy atom. The van der Waals surface area contributed by atoms with Crippen molar-refractivity contribution in [3.63, 3.8) is 0 Å². The van der Waals surface area contributed by atoms with E-state index in [0.717, 1.165) is 12.1 Å². The van der Waals surface area contributed by atoms with Gasteiger partial charge in [-0.1, -0.05) is 6.92 Å². The number of aliphatic hydroxyl groups excluding tert-OH is 1. The summed E-state index contributed by atoms with van der Waals surface area (Å²) in [7, 11) is 0. The lowest BCUT2D eigenvalue weighted by atomic mass is 10.0. The molecule has 0 unspecified atom stereocenters. The fourth-order valence-electron chi connectivity index (χ4n) is 1.24. The monoisotopic (exact) mass is 219 g/mol. The van der Waals surface area contributed by atoms with E-state index in [0.29, 0.717) is 6.42 Å². The third kappa shape index (κ3) is 2.49. The highest BCUT2D eigenvalue weighted by molar-refractivity contribution is 5.23. The van der Waals surface area contributed by atoms with Crippen LogP contribution in [0.3, 0.4) is 0 Å². The van der Waals surface area contributed by atoms with E-state index in [1.54, 1.807) is 6.92 Å². The summed E-state index contributed by atoms with van der Waals surface area (Å²) in [6.07, 6.45) is -0.559. The van der Waals surface area contributed by atoms with Crippen molar-refractivity contribution in [1.82, 2.24) is 0 Å². The van der Waals surface area contributed by atoms with E-state index in [2.05, 4.69) is 0 Å². The van der Waals surface area contributed by atoms with Gasteiger partial charge in [0.1, 0.15) is 0 Å². The first-order valence-corrected chi connectivity index (χ1v) is 4.55. The molecule has 5 heteroatoms. The number of hydrogen-bond acceptors (Lipinski definition) is 2. The maximum Gasteiger partial charge on any atom is 0.194 e. The molecule has 0 aliphatic rings. The molecule has 0 radical (unpaired) electrons. The second-order valence-electron chi connectivity index (χ2n) is 3.30. The van der Waals surface area contributed by atoms with E-state index in [9.17, 15) is 18.3 Å². The van der Waals surface area contributed by atoms with Crippen molar-refractivity contribution in [2.75, 3.05) is 0 Å². The summed E-state index contributed by atoms with van der Waals surface area (Å²) in [4.78, 5) is 0. The molecule has 0 aliphatic heterocycles. The van der Waals surface area contributed by atoms with E-state index in [1.807, 2.05) is 0 Å². The molecular weight excluding hydrogens is 207 g/mol. The van der Waals surface area contributed by atoms with Crippen molar-refractivity contribution in [1.29, 1.82) is 0 Å². The van der Waals surface area contributed by atoms with Crippen LogP contribution in [0.4, 0.5) is 13.2 Å². The van der Waals surface area contributed by atoms with Gasteiger partial charge in [0.15, 0.2) is 17.5 Å². The molecule has 0 fully saturated rings. The van der Waals surface area contributed by atoms with Gasteiger partial charge in [0.25, 0.3) is 0 Å². The maximum atomic E-state index is 12.8. The van der Waals surface area contributed by atoms with Crippen LogP contribution in [0.2, 0.25) is 0 Å². The predicted molar refractivity (Wildman–Crippen MR) is 49.5 cm³/mol. The number of nitrogens with two attached hydrogens (primary N) is 1. The molecule has 2 nitrogen and oxygen atoms in total. The van der Waals surface area contributed by atoms with Crippen molar-refractivity contribution in [2.45, 2.75) is 25.5 Å². The molecule has 1 aromatic rings. The van der Waals surface area contributed by atoms with Gasteiger partial charge in [-0.05, 0) is 24.1 Å². The van der Waals surface area contributed by atoms with Crippen molar-refractivity contribution < 1.29 is 18.3 Å². The first-order valence-electron chi connectivity index (χ1n) is 4.55. The summed E-state index contributed by atoms with van der Waals surface area (Å²) in [5, 5.41) is 9.37. The van der Waals surface area contributed by atoms with Crippen LogP contribution in [0, 0.1) is 17.5 Å². The Labute approximate surface area is 85.5 Å². The van der Waals surface area contributed by atoms with Gasteiger partial charge in [0.2, 0.25) is 0 Å². The van der Waals surface area contributed by atoms with Gasteiger partial charge in [-0.25, -0.2) is 13.2 Å². The first-order chi connectivity index (χ1) is 6.97. The highest BCUT2D eigenvalue weighted by atomic mass is 19.2. The molecule has 0 saturated carbocycles. The molecule has 0 heterocycles. The molecule has 1 aromatic carbocycles. The average Bonchev–Trinajstić information content (AvgIpc) is 2.23. The molecule has 0 aromatic heterocycles. The lowest BCUT2D eigenvalue weighted by Crippen LogP contribution is -2.25. The number of aliphatic hydroxyl groups is 1. The molecule has 1 rings (SSSR count). The minimum atomic E-state index is -1.53. The Hall–Kier alpha value is -1.07. The highest BCUT2D eigenvalue weighted by Gasteiger charge is 2.19. The molecule has 0 amide bonds. The molecule has 0 saturated heterocycles. The second kappa shape index (κ2) is 4.63. The van der Waals surface area contributed by atoms with E-state index in [-0.39, 0.29) is 5.56 Å². The molecule has 2 atom stereocenters. The Bertz CT molecular complexity index is 334. The molecule has 0 spiro atoms. The summed E-state index contributed by atoms with van der Waals surface area (Å²) < 4.78 is 38.2. The van der Waals surface area contributed by atoms with Gasteiger partial charge in [0, 0.05) is 0 Å². The van der Waals surface area contributed by atoms with E-state index < -0.39 is 29.6 Å². The standard InChI is InChI=1S/C10H12F3NO/c1-2-8(15)10(14)5-3-6(11)9(13)7(12)4-5/h3-4,8,10,15H,2,14H2,1H3/t8-,10+/m0/s1. The zero-order chi connectivity index (χ0) is 11.6. The van der Waals surface area contributed by atoms with Gasteiger partial charge >= 0.3 is 0 Å². The number of halogens is 3. The van der Waals surface area contributed by atoms with Gasteiger partial charge < -0.3 is 10.8 Å². The van der Waals surface area contributed by atoms with Crippen LogP contribution in [-0.4, -0.2) is 11.2 Å². The summed E-state index contributed by atoms with van der Waals surface area (Å²) in [5.74, 6) is -4.13. The van der Waals surface area contributed by atoms with Gasteiger partial charge in [-0.2, -0.15) is 0 Å². The van der Waals surface area contributed by atoms with Crippen LogP contribution in [0.15, 0.2) is 12.1 Å². The zero-order valence-electron chi connectivity index (χ0n) is 8.17. The van der Waals surface area contributed by atoms with E-state index in [4.69, 9.17) is 5.73 Å². The molecule has 0 bridgehead atoms. The average molecular weight is 219 g/mol. The Kier molecular flexibility index (Phi) is 3.71. The predicted octanol–water partition coefficient (Wildman–Crippen LogP) is 1.87. The van der Waals surface area contributed by atoms with Gasteiger partial charge in [0.05, 0.1) is 12.1 Å². The van der Waals surface area contributed by atoms with Crippen molar-refractivity contribution in [3.05, 3.63) is 35.1 Å². The molecule has 84 valence electrons. The third-order valence-electron chi connectivity index (χ3n) is 2.22. The topological polar surface area (TPSA) is 46.2 Å². The third-order valence-corrected chi connectivity index (χ3v) is 2.22. The van der Waals surface area contributed by atoms with E-state index >= 15 is 0 Å². The van der Waals surface area contributed by atoms with Crippen LogP contribution in [0.25, 0.3) is 0 Å². The number of rotatable bonds is 3. The van der Waals surface area contributed by atoms with Crippen LogP contribution < -0.4 is 5.73 Å². The number of benzene rings is 1. The minimum absolute atomic E-state index is 0.0424. The van der Waals surface area contributed by atoms with E-state index in [1.165, 1.54) is 0 Å².